The van der Waals surface area contributed by atoms with Gasteiger partial charge in [0.2, 0.25) is 0 Å². The molecule has 0 bridgehead atoms. The Balaban J connectivity index is 2.08. The van der Waals surface area contributed by atoms with Crippen molar-refractivity contribution in [3.8, 4) is 0 Å². The largest absolute Gasteiger partial charge is 0.314 e. The molecule has 1 N–H and O–H groups in total. The summed E-state index contributed by atoms with van der Waals surface area (Å²) in [4.78, 5) is 0. The van der Waals surface area contributed by atoms with Crippen LogP contribution in [-0.4, -0.2) is 32.5 Å². The fourth-order valence-corrected chi connectivity index (χ4v) is 4.61. The number of benzene rings is 1. The monoisotopic (exact) mass is 285 g/mol. The summed E-state index contributed by atoms with van der Waals surface area (Å²) in [6.07, 6.45) is 1.38. The molecule has 1 aliphatic rings. The third-order valence-electron chi connectivity index (χ3n) is 3.65. The summed E-state index contributed by atoms with van der Waals surface area (Å²) in [6, 6.07) is 6.62. The molecule has 2 atom stereocenters. The first-order chi connectivity index (χ1) is 9.00. The Morgan fingerprint density at radius 3 is 2.84 bits per heavy atom. The highest BCUT2D eigenvalue weighted by Gasteiger charge is 2.33. The zero-order valence-electron chi connectivity index (χ0n) is 11.1. The van der Waals surface area contributed by atoms with E-state index in [-0.39, 0.29) is 29.3 Å². The first kappa shape index (κ1) is 14.5. The number of halogens is 1. The fraction of sp³-hybridized carbons (Fsp3) is 0.571. The standard InChI is InChI=1S/C14H20FNO2S/c1-2-16-14(12-6-7-19(17,18)10-12)9-11-4-3-5-13(15)8-11/h3-5,8,12,14,16H,2,6-7,9-10H2,1H3. The molecule has 2 unspecified atom stereocenters. The van der Waals surface area contributed by atoms with Crippen molar-refractivity contribution in [2.75, 3.05) is 18.1 Å². The molecule has 1 aromatic carbocycles. The smallest absolute Gasteiger partial charge is 0.150 e. The van der Waals surface area contributed by atoms with E-state index in [0.717, 1.165) is 12.1 Å². The molecule has 0 amide bonds. The van der Waals surface area contributed by atoms with Crippen LogP contribution in [0.2, 0.25) is 0 Å². The molecular formula is C14H20FNO2S. The van der Waals surface area contributed by atoms with E-state index in [1.807, 2.05) is 13.0 Å². The first-order valence-corrected chi connectivity index (χ1v) is 8.50. The maximum absolute atomic E-state index is 13.2. The molecule has 1 heterocycles. The minimum absolute atomic E-state index is 0.101. The van der Waals surface area contributed by atoms with Gasteiger partial charge < -0.3 is 5.32 Å². The minimum atomic E-state index is -2.87. The molecule has 1 aromatic rings. The van der Waals surface area contributed by atoms with Gasteiger partial charge in [-0.3, -0.25) is 0 Å². The Kier molecular flexibility index (Phi) is 4.58. The third-order valence-corrected chi connectivity index (χ3v) is 5.44. The predicted molar refractivity (Wildman–Crippen MR) is 74.3 cm³/mol. The Labute approximate surface area is 114 Å². The third kappa shape index (κ3) is 4.01. The van der Waals surface area contributed by atoms with E-state index in [1.54, 1.807) is 6.07 Å². The van der Waals surface area contributed by atoms with Crippen molar-refractivity contribution < 1.29 is 12.8 Å². The molecule has 0 spiro atoms. The van der Waals surface area contributed by atoms with Crippen LogP contribution in [0.15, 0.2) is 24.3 Å². The van der Waals surface area contributed by atoms with E-state index >= 15 is 0 Å². The molecule has 5 heteroatoms. The van der Waals surface area contributed by atoms with Gasteiger partial charge in [-0.1, -0.05) is 19.1 Å². The van der Waals surface area contributed by atoms with Crippen LogP contribution in [0.5, 0.6) is 0 Å². The summed E-state index contributed by atoms with van der Waals surface area (Å²) < 4.78 is 36.3. The Hall–Kier alpha value is -0.940. The Bertz CT molecular complexity index is 530. The summed E-state index contributed by atoms with van der Waals surface area (Å²) in [6.45, 7) is 2.79. The highest BCUT2D eigenvalue weighted by Crippen LogP contribution is 2.24. The second-order valence-corrected chi connectivity index (χ2v) is 7.39. The molecule has 1 saturated heterocycles. The molecule has 0 saturated carbocycles. The zero-order valence-corrected chi connectivity index (χ0v) is 11.9. The van der Waals surface area contributed by atoms with Crippen LogP contribution >= 0.6 is 0 Å². The zero-order chi connectivity index (χ0) is 13.9. The van der Waals surface area contributed by atoms with E-state index in [2.05, 4.69) is 5.32 Å². The molecule has 0 aromatic heterocycles. The topological polar surface area (TPSA) is 46.2 Å². The Morgan fingerprint density at radius 2 is 2.26 bits per heavy atom. The average Bonchev–Trinajstić information content (AvgIpc) is 2.69. The first-order valence-electron chi connectivity index (χ1n) is 6.68. The van der Waals surface area contributed by atoms with E-state index in [9.17, 15) is 12.8 Å². The summed E-state index contributed by atoms with van der Waals surface area (Å²) in [5, 5.41) is 3.34. The lowest BCUT2D eigenvalue weighted by Crippen LogP contribution is -2.38. The fourth-order valence-electron chi connectivity index (χ4n) is 2.73. The maximum atomic E-state index is 13.2. The highest BCUT2D eigenvalue weighted by atomic mass is 32.2. The summed E-state index contributed by atoms with van der Waals surface area (Å²) in [5.74, 6) is 0.419. The summed E-state index contributed by atoms with van der Waals surface area (Å²) in [5.41, 5.74) is 0.912. The van der Waals surface area contributed by atoms with Crippen LogP contribution in [0, 0.1) is 11.7 Å². The van der Waals surface area contributed by atoms with E-state index in [0.29, 0.717) is 12.8 Å². The molecule has 0 aliphatic carbocycles. The van der Waals surface area contributed by atoms with Crippen molar-refractivity contribution in [2.24, 2.45) is 5.92 Å². The number of hydrogen-bond acceptors (Lipinski definition) is 3. The Morgan fingerprint density at radius 1 is 1.47 bits per heavy atom. The molecular weight excluding hydrogens is 265 g/mol. The van der Waals surface area contributed by atoms with Crippen molar-refractivity contribution in [1.82, 2.24) is 5.32 Å². The van der Waals surface area contributed by atoms with Crippen molar-refractivity contribution in [1.29, 1.82) is 0 Å². The molecule has 2 rings (SSSR count). The molecule has 1 aliphatic heterocycles. The number of sulfone groups is 1. The lowest BCUT2D eigenvalue weighted by atomic mass is 9.93. The van der Waals surface area contributed by atoms with Gasteiger partial charge in [-0.15, -0.1) is 0 Å². The summed E-state index contributed by atoms with van der Waals surface area (Å²) in [7, 11) is -2.87. The van der Waals surface area contributed by atoms with Gasteiger partial charge in [0.25, 0.3) is 0 Å². The second-order valence-electron chi connectivity index (χ2n) is 5.16. The van der Waals surface area contributed by atoms with Crippen LogP contribution in [0.1, 0.15) is 18.9 Å². The van der Waals surface area contributed by atoms with Gasteiger partial charge in [0.05, 0.1) is 11.5 Å². The van der Waals surface area contributed by atoms with Gasteiger partial charge >= 0.3 is 0 Å². The molecule has 19 heavy (non-hydrogen) atoms. The van der Waals surface area contributed by atoms with Crippen LogP contribution in [-0.2, 0) is 16.3 Å². The van der Waals surface area contributed by atoms with Gasteiger partial charge in [-0.05, 0) is 43.0 Å². The molecule has 106 valence electrons. The molecule has 1 fully saturated rings. The second kappa shape index (κ2) is 6.01. The van der Waals surface area contributed by atoms with Crippen molar-refractivity contribution in [3.63, 3.8) is 0 Å². The number of rotatable bonds is 5. The lowest BCUT2D eigenvalue weighted by molar-refractivity contribution is 0.385. The summed E-state index contributed by atoms with van der Waals surface area (Å²) >= 11 is 0. The maximum Gasteiger partial charge on any atom is 0.150 e. The predicted octanol–water partition coefficient (Wildman–Crippen LogP) is 1.78. The molecule has 0 radical (unpaired) electrons. The number of nitrogens with one attached hydrogen (secondary N) is 1. The van der Waals surface area contributed by atoms with Crippen molar-refractivity contribution in [2.45, 2.75) is 25.8 Å². The van der Waals surface area contributed by atoms with Crippen LogP contribution in [0.3, 0.4) is 0 Å². The minimum Gasteiger partial charge on any atom is -0.314 e. The van der Waals surface area contributed by atoms with E-state index in [1.165, 1.54) is 12.1 Å². The van der Waals surface area contributed by atoms with Gasteiger partial charge in [-0.25, -0.2) is 12.8 Å². The van der Waals surface area contributed by atoms with Crippen LogP contribution in [0.25, 0.3) is 0 Å². The SMILES string of the molecule is CCNC(Cc1cccc(F)c1)C1CCS(=O)(=O)C1. The van der Waals surface area contributed by atoms with Gasteiger partial charge in [0, 0.05) is 6.04 Å². The van der Waals surface area contributed by atoms with Gasteiger partial charge in [-0.2, -0.15) is 0 Å². The van der Waals surface area contributed by atoms with E-state index in [4.69, 9.17) is 0 Å². The van der Waals surface area contributed by atoms with Crippen molar-refractivity contribution >= 4 is 9.84 Å². The average molecular weight is 285 g/mol. The number of hydrogen-bond donors (Lipinski definition) is 1. The van der Waals surface area contributed by atoms with Gasteiger partial charge in [0.1, 0.15) is 5.82 Å². The van der Waals surface area contributed by atoms with Gasteiger partial charge in [0.15, 0.2) is 9.84 Å². The highest BCUT2D eigenvalue weighted by molar-refractivity contribution is 7.91. The quantitative estimate of drug-likeness (QED) is 0.897. The normalized spacial score (nSPS) is 23.4. The van der Waals surface area contributed by atoms with Crippen LogP contribution in [0.4, 0.5) is 4.39 Å². The van der Waals surface area contributed by atoms with E-state index < -0.39 is 9.84 Å². The van der Waals surface area contributed by atoms with Crippen LogP contribution < -0.4 is 5.32 Å². The number of likely N-dealkylation sites (N-methyl/N-ethyl adjacent to an activating group) is 1. The van der Waals surface area contributed by atoms with Crippen molar-refractivity contribution in [3.05, 3.63) is 35.6 Å². The molecule has 3 nitrogen and oxygen atoms in total. The lowest BCUT2D eigenvalue weighted by Gasteiger charge is -2.23.